The molecule has 0 bridgehead atoms. The fourth-order valence-electron chi connectivity index (χ4n) is 2.63. The van der Waals surface area contributed by atoms with Crippen molar-refractivity contribution >= 4 is 34.2 Å². The molecule has 0 saturated carbocycles. The quantitative estimate of drug-likeness (QED) is 0.675. The minimum Gasteiger partial charge on any atom is -0.469 e. The molecule has 1 unspecified atom stereocenters. The van der Waals surface area contributed by atoms with Crippen molar-refractivity contribution in [1.82, 2.24) is 0 Å². The van der Waals surface area contributed by atoms with Crippen LogP contribution in [0.2, 0.25) is 0 Å². The molecule has 1 heterocycles. The van der Waals surface area contributed by atoms with E-state index in [1.54, 1.807) is 13.0 Å². The van der Waals surface area contributed by atoms with Crippen molar-refractivity contribution in [3.8, 4) is 0 Å². The van der Waals surface area contributed by atoms with E-state index in [4.69, 9.17) is 4.74 Å². The molecule has 0 aliphatic rings. The summed E-state index contributed by atoms with van der Waals surface area (Å²) in [4.78, 5) is 36.5. The molecule has 0 aliphatic carbocycles. The summed E-state index contributed by atoms with van der Waals surface area (Å²) in [5.74, 6) is -0.996. The highest BCUT2D eigenvalue weighted by atomic mass is 32.1. The Morgan fingerprint density at radius 1 is 1.23 bits per heavy atom. The molecule has 0 aliphatic heterocycles. The van der Waals surface area contributed by atoms with Crippen molar-refractivity contribution < 1.29 is 23.9 Å². The van der Waals surface area contributed by atoms with Gasteiger partial charge in [-0.25, -0.2) is 4.79 Å². The Kier molecular flexibility index (Phi) is 8.27. The first-order valence-electron chi connectivity index (χ1n) is 8.75. The molecule has 1 aromatic rings. The zero-order valence-electron chi connectivity index (χ0n) is 16.4. The highest BCUT2D eigenvalue weighted by Gasteiger charge is 2.24. The predicted molar refractivity (Wildman–Crippen MR) is 103 cm³/mol. The molecule has 1 amide bonds. The number of thiophene rings is 1. The van der Waals surface area contributed by atoms with Gasteiger partial charge in [-0.1, -0.05) is 27.7 Å². The van der Waals surface area contributed by atoms with Gasteiger partial charge in [0.25, 0.3) is 0 Å². The van der Waals surface area contributed by atoms with Crippen LogP contribution in [-0.4, -0.2) is 31.6 Å². The van der Waals surface area contributed by atoms with Crippen molar-refractivity contribution in [1.29, 1.82) is 0 Å². The molecule has 0 saturated heterocycles. The molecule has 26 heavy (non-hydrogen) atoms. The Morgan fingerprint density at radius 2 is 1.88 bits per heavy atom. The smallest absolute Gasteiger partial charge is 0.341 e. The largest absolute Gasteiger partial charge is 0.469 e. The van der Waals surface area contributed by atoms with Crippen LogP contribution in [0.3, 0.4) is 0 Å². The van der Waals surface area contributed by atoms with Gasteiger partial charge in [0, 0.05) is 11.3 Å². The van der Waals surface area contributed by atoms with Crippen molar-refractivity contribution in [2.75, 3.05) is 19.0 Å². The molecule has 1 aromatic heterocycles. The van der Waals surface area contributed by atoms with Crippen LogP contribution in [0.15, 0.2) is 6.07 Å². The Labute approximate surface area is 159 Å². The van der Waals surface area contributed by atoms with E-state index in [0.717, 1.165) is 11.3 Å². The lowest BCUT2D eigenvalue weighted by Crippen LogP contribution is -2.15. The summed E-state index contributed by atoms with van der Waals surface area (Å²) in [6, 6.07) is 1.80. The lowest BCUT2D eigenvalue weighted by Gasteiger charge is -2.22. The van der Waals surface area contributed by atoms with Gasteiger partial charge in [0.15, 0.2) is 0 Å². The molecule has 0 radical (unpaired) electrons. The summed E-state index contributed by atoms with van der Waals surface area (Å²) >= 11 is 1.38. The number of rotatable bonds is 8. The van der Waals surface area contributed by atoms with Gasteiger partial charge in [-0.05, 0) is 30.7 Å². The number of nitrogens with one attached hydrogen (secondary N) is 1. The first kappa shape index (κ1) is 22.2. The maximum absolute atomic E-state index is 12.2. The lowest BCUT2D eigenvalue weighted by atomic mass is 9.85. The van der Waals surface area contributed by atoms with E-state index in [1.165, 1.54) is 18.4 Å². The molecule has 0 aromatic carbocycles. The summed E-state index contributed by atoms with van der Waals surface area (Å²) in [7, 11) is 1.28. The van der Waals surface area contributed by atoms with Gasteiger partial charge in [0.2, 0.25) is 5.91 Å². The van der Waals surface area contributed by atoms with Crippen molar-refractivity contribution in [3.63, 3.8) is 0 Å². The summed E-state index contributed by atoms with van der Waals surface area (Å²) in [6.07, 6.45) is 0.945. The van der Waals surface area contributed by atoms with Crippen molar-refractivity contribution in [3.05, 3.63) is 16.5 Å². The van der Waals surface area contributed by atoms with Crippen LogP contribution >= 0.6 is 11.3 Å². The topological polar surface area (TPSA) is 81.7 Å². The fraction of sp³-hybridized carbons (Fsp3) is 0.632. The number of hydrogen-bond donors (Lipinski definition) is 1. The third-order valence-corrected chi connectivity index (χ3v) is 4.97. The minimum atomic E-state index is -0.457. The van der Waals surface area contributed by atoms with Gasteiger partial charge < -0.3 is 14.8 Å². The highest BCUT2D eigenvalue weighted by Crippen LogP contribution is 2.38. The van der Waals surface area contributed by atoms with Crippen LogP contribution in [0, 0.1) is 5.41 Å². The second kappa shape index (κ2) is 9.71. The Hall–Kier alpha value is -1.89. The highest BCUT2D eigenvalue weighted by molar-refractivity contribution is 7.16. The van der Waals surface area contributed by atoms with Crippen LogP contribution in [0.25, 0.3) is 0 Å². The van der Waals surface area contributed by atoms with Gasteiger partial charge in [0.05, 0.1) is 25.7 Å². The van der Waals surface area contributed by atoms with E-state index in [1.807, 2.05) is 0 Å². The zero-order chi connectivity index (χ0) is 19.9. The average molecular weight is 384 g/mol. The van der Waals surface area contributed by atoms with E-state index in [9.17, 15) is 14.4 Å². The van der Waals surface area contributed by atoms with E-state index >= 15 is 0 Å². The second-order valence-corrected chi connectivity index (χ2v) is 8.49. The van der Waals surface area contributed by atoms with Gasteiger partial charge in [0.1, 0.15) is 5.00 Å². The first-order chi connectivity index (χ1) is 12.1. The molecule has 0 spiro atoms. The molecule has 1 N–H and O–H groups in total. The third kappa shape index (κ3) is 7.15. The number of ether oxygens (including phenoxy) is 2. The number of amides is 1. The lowest BCUT2D eigenvalue weighted by molar-refractivity contribution is -0.141. The summed E-state index contributed by atoms with van der Waals surface area (Å²) in [6.45, 7) is 10.6. The van der Waals surface area contributed by atoms with Crippen LogP contribution < -0.4 is 5.32 Å². The first-order valence-corrected chi connectivity index (χ1v) is 9.56. The number of methoxy groups -OCH3 is 1. The molecule has 146 valence electrons. The summed E-state index contributed by atoms with van der Waals surface area (Å²) in [5.41, 5.74) is 0.510. The monoisotopic (exact) mass is 383 g/mol. The molecular formula is C19H29NO5S. The molecular weight excluding hydrogens is 354 g/mol. The van der Waals surface area contributed by atoms with Gasteiger partial charge in [-0.2, -0.15) is 0 Å². The fourth-order valence-corrected chi connectivity index (χ4v) is 3.75. The Bertz CT molecular complexity index is 645. The minimum absolute atomic E-state index is 0.000281. The molecule has 0 fully saturated rings. The molecule has 1 atom stereocenters. The van der Waals surface area contributed by atoms with E-state index in [-0.39, 0.29) is 36.7 Å². The maximum atomic E-state index is 12.2. The maximum Gasteiger partial charge on any atom is 0.341 e. The number of carbonyl (C=O) groups excluding carboxylic acids is 3. The normalized spacial score (nSPS) is 12.4. The Morgan fingerprint density at radius 3 is 2.42 bits per heavy atom. The number of esters is 2. The van der Waals surface area contributed by atoms with Gasteiger partial charge in [-0.3, -0.25) is 9.59 Å². The van der Waals surface area contributed by atoms with E-state index < -0.39 is 11.9 Å². The van der Waals surface area contributed by atoms with Gasteiger partial charge >= 0.3 is 11.9 Å². The van der Waals surface area contributed by atoms with E-state index in [0.29, 0.717) is 10.6 Å². The number of carbonyl (C=O) groups is 3. The number of anilines is 1. The van der Waals surface area contributed by atoms with Crippen LogP contribution in [0.1, 0.15) is 75.0 Å². The van der Waals surface area contributed by atoms with Crippen molar-refractivity contribution in [2.24, 2.45) is 5.41 Å². The van der Waals surface area contributed by atoms with Gasteiger partial charge in [-0.15, -0.1) is 11.3 Å². The van der Waals surface area contributed by atoms with Crippen molar-refractivity contribution in [2.45, 2.75) is 59.8 Å². The van der Waals surface area contributed by atoms with Crippen LogP contribution in [-0.2, 0) is 19.1 Å². The SMILES string of the molecule is CCOC(=O)c1cc(C(C)CC(C)(C)C)sc1NC(=O)CCC(=O)OC. The van der Waals surface area contributed by atoms with Crippen LogP contribution in [0.5, 0.6) is 0 Å². The molecule has 1 rings (SSSR count). The summed E-state index contributed by atoms with van der Waals surface area (Å²) < 4.78 is 9.64. The predicted octanol–water partition coefficient (Wildman–Crippen LogP) is 4.36. The summed E-state index contributed by atoms with van der Waals surface area (Å²) in [5, 5.41) is 3.21. The average Bonchev–Trinajstić information content (AvgIpc) is 2.95. The Balaban J connectivity index is 2.98. The molecule has 7 heteroatoms. The van der Waals surface area contributed by atoms with Crippen LogP contribution in [0.4, 0.5) is 5.00 Å². The third-order valence-electron chi connectivity index (χ3n) is 3.69. The molecule has 6 nitrogen and oxygen atoms in total. The standard InChI is InChI=1S/C19H29NO5S/c1-7-25-18(23)13-10-14(12(2)11-19(3,4)5)26-17(13)20-15(21)8-9-16(22)24-6/h10,12H,7-9,11H2,1-6H3,(H,20,21). The van der Waals surface area contributed by atoms with E-state index in [2.05, 4.69) is 37.7 Å². The zero-order valence-corrected chi connectivity index (χ0v) is 17.2. The number of hydrogen-bond acceptors (Lipinski definition) is 6. The second-order valence-electron chi connectivity index (χ2n) is 7.40.